The molecule has 0 bridgehead atoms. The highest BCUT2D eigenvalue weighted by molar-refractivity contribution is 5.76. The first-order valence-electron chi connectivity index (χ1n) is 9.29. The lowest BCUT2D eigenvalue weighted by atomic mass is 10.1. The zero-order chi connectivity index (χ0) is 16.5. The fourth-order valence-electron chi connectivity index (χ4n) is 2.49. The van der Waals surface area contributed by atoms with Gasteiger partial charge in [-0.15, -0.1) is 0 Å². The summed E-state index contributed by atoms with van der Waals surface area (Å²) in [7, 11) is 0. The van der Waals surface area contributed by atoms with E-state index in [1.54, 1.807) is 0 Å². The van der Waals surface area contributed by atoms with E-state index in [2.05, 4.69) is 31.3 Å². The van der Waals surface area contributed by atoms with Gasteiger partial charge >= 0.3 is 0 Å². The van der Waals surface area contributed by atoms with Gasteiger partial charge in [0.2, 0.25) is 5.91 Å². The summed E-state index contributed by atoms with van der Waals surface area (Å²) in [4.78, 5) is 11.7. The number of hydrogen-bond acceptors (Lipinski definition) is 2. The Hall–Kier alpha value is -0.830. The van der Waals surface area contributed by atoms with Gasteiger partial charge in [-0.25, -0.2) is 0 Å². The van der Waals surface area contributed by atoms with Crippen molar-refractivity contribution in [3.05, 3.63) is 12.2 Å². The second-order valence-electron chi connectivity index (χ2n) is 6.16. The molecule has 0 aliphatic rings. The molecule has 22 heavy (non-hydrogen) atoms. The first-order chi connectivity index (χ1) is 10.7. The molecule has 0 aromatic carbocycles. The molecule has 0 saturated heterocycles. The Morgan fingerprint density at radius 2 is 1.59 bits per heavy atom. The maximum absolute atomic E-state index is 11.7. The highest BCUT2D eigenvalue weighted by atomic mass is 16.3. The smallest absolute Gasteiger partial charge is 0.220 e. The summed E-state index contributed by atoms with van der Waals surface area (Å²) in [5.41, 5.74) is 0. The van der Waals surface area contributed by atoms with E-state index in [0.717, 1.165) is 25.7 Å². The van der Waals surface area contributed by atoms with Crippen molar-refractivity contribution in [3.8, 4) is 0 Å². The molecule has 0 aromatic heterocycles. The lowest BCUT2D eigenvalue weighted by molar-refractivity contribution is -0.122. The molecule has 0 rings (SSSR count). The summed E-state index contributed by atoms with van der Waals surface area (Å²) in [6.45, 7) is 4.33. The van der Waals surface area contributed by atoms with E-state index in [-0.39, 0.29) is 18.6 Å². The van der Waals surface area contributed by atoms with E-state index < -0.39 is 0 Å². The van der Waals surface area contributed by atoms with Gasteiger partial charge in [-0.2, -0.15) is 0 Å². The van der Waals surface area contributed by atoms with Crippen LogP contribution in [0.4, 0.5) is 0 Å². The number of nitrogens with one attached hydrogen (secondary N) is 1. The van der Waals surface area contributed by atoms with Crippen LogP contribution in [0.2, 0.25) is 0 Å². The minimum atomic E-state index is -0.0583. The second kappa shape index (κ2) is 16.5. The van der Waals surface area contributed by atoms with Crippen LogP contribution in [0, 0.1) is 0 Å². The SMILES string of the molecule is CCCCC=CCCCCCCCC(=O)NC(CO)CCC. The molecule has 0 aliphatic carbocycles. The van der Waals surface area contributed by atoms with Crippen molar-refractivity contribution in [2.45, 2.75) is 96.9 Å². The summed E-state index contributed by atoms with van der Waals surface area (Å²) in [6, 6.07) is -0.0583. The number of rotatable bonds is 15. The average Bonchev–Trinajstić information content (AvgIpc) is 2.52. The molecule has 0 spiro atoms. The predicted molar refractivity (Wildman–Crippen MR) is 94.9 cm³/mol. The third-order valence-electron chi connectivity index (χ3n) is 3.89. The number of carbonyl (C=O) groups excluding carboxylic acids is 1. The fraction of sp³-hybridized carbons (Fsp3) is 0.842. The minimum absolute atomic E-state index is 0.0470. The Morgan fingerprint density at radius 1 is 0.955 bits per heavy atom. The maximum atomic E-state index is 11.7. The van der Waals surface area contributed by atoms with E-state index in [1.807, 2.05) is 0 Å². The van der Waals surface area contributed by atoms with Crippen molar-refractivity contribution >= 4 is 5.91 Å². The van der Waals surface area contributed by atoms with Crippen LogP contribution in [-0.2, 0) is 4.79 Å². The monoisotopic (exact) mass is 311 g/mol. The van der Waals surface area contributed by atoms with Crippen molar-refractivity contribution < 1.29 is 9.90 Å². The molecule has 0 saturated carbocycles. The molecule has 1 unspecified atom stereocenters. The third kappa shape index (κ3) is 14.1. The zero-order valence-electron chi connectivity index (χ0n) is 14.8. The summed E-state index contributed by atoms with van der Waals surface area (Å²) >= 11 is 0. The molecule has 0 heterocycles. The Morgan fingerprint density at radius 3 is 2.23 bits per heavy atom. The second-order valence-corrected chi connectivity index (χ2v) is 6.16. The normalized spacial score (nSPS) is 12.7. The molecule has 2 N–H and O–H groups in total. The molecule has 130 valence electrons. The molecule has 1 amide bonds. The summed E-state index contributed by atoms with van der Waals surface area (Å²) < 4.78 is 0. The van der Waals surface area contributed by atoms with Gasteiger partial charge in [-0.1, -0.05) is 64.5 Å². The maximum Gasteiger partial charge on any atom is 0.220 e. The fourth-order valence-corrected chi connectivity index (χ4v) is 2.49. The number of amides is 1. The minimum Gasteiger partial charge on any atom is -0.394 e. The molecule has 0 aliphatic heterocycles. The van der Waals surface area contributed by atoms with E-state index in [0.29, 0.717) is 6.42 Å². The largest absolute Gasteiger partial charge is 0.394 e. The van der Waals surface area contributed by atoms with Gasteiger partial charge in [0.25, 0.3) is 0 Å². The van der Waals surface area contributed by atoms with Gasteiger partial charge in [-0.05, 0) is 32.1 Å². The topological polar surface area (TPSA) is 49.3 Å². The quantitative estimate of drug-likeness (QED) is 0.339. The van der Waals surface area contributed by atoms with Crippen LogP contribution in [0.15, 0.2) is 12.2 Å². The van der Waals surface area contributed by atoms with Crippen LogP contribution < -0.4 is 5.32 Å². The summed E-state index contributed by atoms with van der Waals surface area (Å²) in [5, 5.41) is 12.1. The van der Waals surface area contributed by atoms with Crippen molar-refractivity contribution in [1.29, 1.82) is 0 Å². The van der Waals surface area contributed by atoms with Crippen molar-refractivity contribution in [3.63, 3.8) is 0 Å². The number of aliphatic hydroxyl groups is 1. The summed E-state index contributed by atoms with van der Waals surface area (Å²) in [5.74, 6) is 0.0892. The van der Waals surface area contributed by atoms with Crippen LogP contribution in [0.25, 0.3) is 0 Å². The van der Waals surface area contributed by atoms with Crippen LogP contribution in [-0.4, -0.2) is 23.7 Å². The number of unbranched alkanes of at least 4 members (excludes halogenated alkanes) is 7. The van der Waals surface area contributed by atoms with Crippen molar-refractivity contribution in [1.82, 2.24) is 5.32 Å². The molecular weight excluding hydrogens is 274 g/mol. The standard InChI is InChI=1S/C19H37NO2/c1-3-5-6-7-8-9-10-11-12-13-14-16-19(22)20-18(17-21)15-4-2/h7-8,18,21H,3-6,9-17H2,1-2H3,(H,20,22). The third-order valence-corrected chi connectivity index (χ3v) is 3.89. The van der Waals surface area contributed by atoms with Crippen LogP contribution >= 0.6 is 0 Å². The van der Waals surface area contributed by atoms with Gasteiger partial charge in [0.15, 0.2) is 0 Å². The number of aliphatic hydroxyl groups excluding tert-OH is 1. The Labute approximate surface area is 137 Å². The van der Waals surface area contributed by atoms with Gasteiger partial charge < -0.3 is 10.4 Å². The van der Waals surface area contributed by atoms with Crippen LogP contribution in [0.1, 0.15) is 90.9 Å². The van der Waals surface area contributed by atoms with Gasteiger partial charge in [0.05, 0.1) is 12.6 Å². The zero-order valence-corrected chi connectivity index (χ0v) is 14.8. The van der Waals surface area contributed by atoms with E-state index in [4.69, 9.17) is 5.11 Å². The van der Waals surface area contributed by atoms with Crippen LogP contribution in [0.3, 0.4) is 0 Å². The Balaban J connectivity index is 3.38. The van der Waals surface area contributed by atoms with Gasteiger partial charge in [0, 0.05) is 6.42 Å². The lowest BCUT2D eigenvalue weighted by Crippen LogP contribution is -2.37. The Kier molecular flexibility index (Phi) is 15.9. The lowest BCUT2D eigenvalue weighted by Gasteiger charge is -2.15. The molecule has 1 atom stereocenters. The first-order valence-corrected chi connectivity index (χ1v) is 9.29. The van der Waals surface area contributed by atoms with E-state index in [1.165, 1.54) is 44.9 Å². The average molecular weight is 312 g/mol. The molecule has 0 aromatic rings. The predicted octanol–water partition coefficient (Wildman–Crippen LogP) is 4.74. The van der Waals surface area contributed by atoms with Crippen molar-refractivity contribution in [2.24, 2.45) is 0 Å². The molecular formula is C19H37NO2. The number of carbonyl (C=O) groups is 1. The highest BCUT2D eigenvalue weighted by Crippen LogP contribution is 2.08. The van der Waals surface area contributed by atoms with Gasteiger partial charge in [0.1, 0.15) is 0 Å². The van der Waals surface area contributed by atoms with E-state index >= 15 is 0 Å². The van der Waals surface area contributed by atoms with E-state index in [9.17, 15) is 4.79 Å². The Bertz CT molecular complexity index is 277. The molecule has 0 radical (unpaired) electrons. The molecule has 3 heteroatoms. The number of hydrogen-bond donors (Lipinski definition) is 2. The van der Waals surface area contributed by atoms with Crippen molar-refractivity contribution in [2.75, 3.05) is 6.61 Å². The highest BCUT2D eigenvalue weighted by Gasteiger charge is 2.09. The number of allylic oxidation sites excluding steroid dienone is 2. The summed E-state index contributed by atoms with van der Waals surface area (Å²) in [6.07, 6.45) is 17.9. The van der Waals surface area contributed by atoms with Crippen LogP contribution in [0.5, 0.6) is 0 Å². The molecule has 0 fully saturated rings. The van der Waals surface area contributed by atoms with Gasteiger partial charge in [-0.3, -0.25) is 4.79 Å². The molecule has 3 nitrogen and oxygen atoms in total. The first kappa shape index (κ1) is 21.2.